The van der Waals surface area contributed by atoms with E-state index in [9.17, 15) is 5.11 Å². The van der Waals surface area contributed by atoms with E-state index < -0.39 is 6.10 Å². The van der Waals surface area contributed by atoms with Crippen LogP contribution in [0.25, 0.3) is 0 Å². The lowest BCUT2D eigenvalue weighted by Crippen LogP contribution is -2.15. The van der Waals surface area contributed by atoms with Crippen LogP contribution in [0.4, 0.5) is 0 Å². The molecule has 4 heteroatoms. The Morgan fingerprint density at radius 3 is 2.93 bits per heavy atom. The molecule has 0 fully saturated rings. The zero-order valence-electron chi connectivity index (χ0n) is 8.39. The zero-order valence-corrected chi connectivity index (χ0v) is 8.39. The first-order chi connectivity index (χ1) is 7.33. The molecule has 0 radical (unpaired) electrons. The lowest BCUT2D eigenvalue weighted by atomic mass is 10.0. The van der Waals surface area contributed by atoms with Gasteiger partial charge in [0.15, 0.2) is 0 Å². The highest BCUT2D eigenvalue weighted by molar-refractivity contribution is 5.96. The van der Waals surface area contributed by atoms with Gasteiger partial charge in [0, 0.05) is 12.1 Å². The molecular formula is C11H14N2O2. The average Bonchev–Trinajstić information content (AvgIpc) is 2.81. The Labute approximate surface area is 88.4 Å². The minimum absolute atomic E-state index is 0.199. The molecule has 2 rings (SSSR count). The SMILES string of the molecule is NCC(O)c1ccccc1C1=NCCO1. The van der Waals surface area contributed by atoms with Crippen LogP contribution in [-0.4, -0.2) is 30.7 Å². The first-order valence-electron chi connectivity index (χ1n) is 4.97. The normalized spacial score (nSPS) is 17.1. The van der Waals surface area contributed by atoms with Crippen molar-refractivity contribution in [3.8, 4) is 0 Å². The first-order valence-corrected chi connectivity index (χ1v) is 4.97. The summed E-state index contributed by atoms with van der Waals surface area (Å²) in [5.74, 6) is 0.609. The van der Waals surface area contributed by atoms with Crippen LogP contribution in [-0.2, 0) is 4.74 Å². The molecule has 0 bridgehead atoms. The second-order valence-corrected chi connectivity index (χ2v) is 3.37. The Kier molecular flexibility index (Phi) is 2.99. The zero-order chi connectivity index (χ0) is 10.7. The lowest BCUT2D eigenvalue weighted by molar-refractivity contribution is 0.186. The van der Waals surface area contributed by atoms with E-state index in [-0.39, 0.29) is 6.54 Å². The number of aliphatic hydroxyl groups is 1. The highest BCUT2D eigenvalue weighted by Gasteiger charge is 2.17. The van der Waals surface area contributed by atoms with Gasteiger partial charge in [0.25, 0.3) is 0 Å². The van der Waals surface area contributed by atoms with E-state index in [2.05, 4.69) is 4.99 Å². The number of aliphatic hydroxyl groups excluding tert-OH is 1. The third kappa shape index (κ3) is 2.00. The Hall–Kier alpha value is -1.39. The van der Waals surface area contributed by atoms with Gasteiger partial charge in [0.2, 0.25) is 5.90 Å². The number of aliphatic imine (C=N–C) groups is 1. The Bertz CT molecular complexity index is 377. The van der Waals surface area contributed by atoms with Gasteiger partial charge in [-0.1, -0.05) is 18.2 Å². The molecule has 0 saturated carbocycles. The van der Waals surface area contributed by atoms with Crippen LogP contribution in [0.2, 0.25) is 0 Å². The maximum atomic E-state index is 9.73. The quantitative estimate of drug-likeness (QED) is 0.754. The fourth-order valence-corrected chi connectivity index (χ4v) is 1.61. The summed E-state index contributed by atoms with van der Waals surface area (Å²) < 4.78 is 5.37. The lowest BCUT2D eigenvalue weighted by Gasteiger charge is -2.13. The second kappa shape index (κ2) is 4.42. The predicted molar refractivity (Wildman–Crippen MR) is 57.8 cm³/mol. The molecule has 1 atom stereocenters. The van der Waals surface area contributed by atoms with Crippen molar-refractivity contribution >= 4 is 5.90 Å². The molecule has 80 valence electrons. The van der Waals surface area contributed by atoms with E-state index in [0.717, 1.165) is 11.1 Å². The van der Waals surface area contributed by atoms with Gasteiger partial charge in [0.1, 0.15) is 6.61 Å². The van der Waals surface area contributed by atoms with E-state index in [1.807, 2.05) is 24.3 Å². The topological polar surface area (TPSA) is 67.8 Å². The Morgan fingerprint density at radius 1 is 1.47 bits per heavy atom. The van der Waals surface area contributed by atoms with Gasteiger partial charge in [-0.25, -0.2) is 4.99 Å². The second-order valence-electron chi connectivity index (χ2n) is 3.37. The Morgan fingerprint density at radius 2 is 2.27 bits per heavy atom. The molecule has 1 aliphatic rings. The highest BCUT2D eigenvalue weighted by Crippen LogP contribution is 2.19. The van der Waals surface area contributed by atoms with Crippen molar-refractivity contribution in [3.63, 3.8) is 0 Å². The number of hydrogen-bond donors (Lipinski definition) is 2. The predicted octanol–water partition coefficient (Wildman–Crippen LogP) is 0.455. The van der Waals surface area contributed by atoms with Gasteiger partial charge in [-0.2, -0.15) is 0 Å². The minimum atomic E-state index is -0.659. The number of nitrogens with zero attached hydrogens (tertiary/aromatic N) is 1. The molecule has 0 aromatic heterocycles. The van der Waals surface area contributed by atoms with Crippen LogP contribution in [0.1, 0.15) is 17.2 Å². The summed E-state index contributed by atoms with van der Waals surface area (Å²) in [4.78, 5) is 4.23. The summed E-state index contributed by atoms with van der Waals surface area (Å²) in [5.41, 5.74) is 7.06. The smallest absolute Gasteiger partial charge is 0.216 e. The minimum Gasteiger partial charge on any atom is -0.476 e. The summed E-state index contributed by atoms with van der Waals surface area (Å²) >= 11 is 0. The summed E-state index contributed by atoms with van der Waals surface area (Å²) in [6.45, 7) is 1.50. The van der Waals surface area contributed by atoms with Crippen LogP contribution in [0.5, 0.6) is 0 Å². The van der Waals surface area contributed by atoms with Gasteiger partial charge in [-0.05, 0) is 11.6 Å². The molecule has 4 nitrogen and oxygen atoms in total. The van der Waals surface area contributed by atoms with Crippen LogP contribution < -0.4 is 5.73 Å². The first kappa shape index (κ1) is 10.1. The molecule has 0 saturated heterocycles. The average molecular weight is 206 g/mol. The fraction of sp³-hybridized carbons (Fsp3) is 0.364. The largest absolute Gasteiger partial charge is 0.476 e. The monoisotopic (exact) mass is 206 g/mol. The maximum absolute atomic E-state index is 9.73. The van der Waals surface area contributed by atoms with Crippen molar-refractivity contribution in [2.24, 2.45) is 10.7 Å². The molecular weight excluding hydrogens is 192 g/mol. The van der Waals surface area contributed by atoms with Crippen molar-refractivity contribution < 1.29 is 9.84 Å². The third-order valence-electron chi connectivity index (χ3n) is 2.36. The molecule has 15 heavy (non-hydrogen) atoms. The van der Waals surface area contributed by atoms with Gasteiger partial charge < -0.3 is 15.6 Å². The van der Waals surface area contributed by atoms with E-state index >= 15 is 0 Å². The number of hydrogen-bond acceptors (Lipinski definition) is 4. The molecule has 1 aliphatic heterocycles. The summed E-state index contributed by atoms with van der Waals surface area (Å²) in [6.07, 6.45) is -0.659. The van der Waals surface area contributed by atoms with Crippen LogP contribution >= 0.6 is 0 Å². The molecule has 1 aromatic rings. The van der Waals surface area contributed by atoms with Gasteiger partial charge in [-0.15, -0.1) is 0 Å². The summed E-state index contributed by atoms with van der Waals surface area (Å²) in [5, 5.41) is 9.73. The Balaban J connectivity index is 2.37. The molecule has 1 unspecified atom stereocenters. The van der Waals surface area contributed by atoms with Crippen LogP contribution in [0.15, 0.2) is 29.3 Å². The van der Waals surface area contributed by atoms with E-state index in [1.165, 1.54) is 0 Å². The molecule has 1 heterocycles. The molecule has 0 aliphatic carbocycles. The third-order valence-corrected chi connectivity index (χ3v) is 2.36. The van der Waals surface area contributed by atoms with Crippen molar-refractivity contribution in [1.82, 2.24) is 0 Å². The van der Waals surface area contributed by atoms with Crippen molar-refractivity contribution in [1.29, 1.82) is 0 Å². The standard InChI is InChI=1S/C11H14N2O2/c12-7-10(14)8-3-1-2-4-9(8)11-13-5-6-15-11/h1-4,10,14H,5-7,12H2. The van der Waals surface area contributed by atoms with Gasteiger partial charge in [0.05, 0.1) is 12.6 Å². The van der Waals surface area contributed by atoms with Crippen LogP contribution in [0.3, 0.4) is 0 Å². The van der Waals surface area contributed by atoms with E-state index in [0.29, 0.717) is 19.0 Å². The summed E-state index contributed by atoms with van der Waals surface area (Å²) in [6, 6.07) is 7.49. The number of benzene rings is 1. The van der Waals surface area contributed by atoms with Crippen molar-refractivity contribution in [2.75, 3.05) is 19.7 Å². The molecule has 3 N–H and O–H groups in total. The molecule has 0 spiro atoms. The maximum Gasteiger partial charge on any atom is 0.216 e. The fourth-order valence-electron chi connectivity index (χ4n) is 1.61. The van der Waals surface area contributed by atoms with Crippen molar-refractivity contribution in [2.45, 2.75) is 6.10 Å². The van der Waals surface area contributed by atoms with E-state index in [4.69, 9.17) is 10.5 Å². The van der Waals surface area contributed by atoms with Crippen LogP contribution in [0, 0.1) is 0 Å². The van der Waals surface area contributed by atoms with Crippen molar-refractivity contribution in [3.05, 3.63) is 35.4 Å². The number of nitrogens with two attached hydrogens (primary N) is 1. The van der Waals surface area contributed by atoms with Gasteiger partial charge >= 0.3 is 0 Å². The molecule has 0 amide bonds. The summed E-state index contributed by atoms with van der Waals surface area (Å²) in [7, 11) is 0. The van der Waals surface area contributed by atoms with E-state index in [1.54, 1.807) is 0 Å². The van der Waals surface area contributed by atoms with Gasteiger partial charge in [-0.3, -0.25) is 0 Å². The number of ether oxygens (including phenoxy) is 1. The highest BCUT2D eigenvalue weighted by atomic mass is 16.5. The number of rotatable bonds is 3. The molecule has 1 aromatic carbocycles.